The van der Waals surface area contributed by atoms with Gasteiger partial charge in [-0.1, -0.05) is 24.4 Å². The Labute approximate surface area is 110 Å². The first-order chi connectivity index (χ1) is 8.68. The van der Waals surface area contributed by atoms with E-state index in [2.05, 4.69) is 4.98 Å². The van der Waals surface area contributed by atoms with Gasteiger partial charge < -0.3 is 0 Å². The Morgan fingerprint density at radius 3 is 2.28 bits per heavy atom. The van der Waals surface area contributed by atoms with E-state index in [1.54, 1.807) is 0 Å². The van der Waals surface area contributed by atoms with Crippen molar-refractivity contribution in [3.63, 3.8) is 0 Å². The summed E-state index contributed by atoms with van der Waals surface area (Å²) >= 11 is 6.08. The Balaban J connectivity index is 2.12. The Morgan fingerprint density at radius 1 is 1.06 bits per heavy atom. The summed E-state index contributed by atoms with van der Waals surface area (Å²) in [6.45, 7) is 0. The molecule has 4 nitrogen and oxygen atoms in total. The molecule has 0 aliphatic heterocycles. The molecule has 3 rings (SSSR count). The minimum Gasteiger partial charge on any atom is -0.297 e. The Hall–Kier alpha value is -1.03. The van der Waals surface area contributed by atoms with Crippen molar-refractivity contribution in [3.05, 3.63) is 31.6 Å². The molecule has 0 unspecified atom stereocenters. The molecule has 0 bridgehead atoms. The second-order valence-electron chi connectivity index (χ2n) is 5.40. The molecule has 5 heteroatoms. The number of hydrogen-bond donors (Lipinski definition) is 1. The maximum absolute atomic E-state index is 12.5. The Kier molecular flexibility index (Phi) is 3.06. The normalized spacial score (nSPS) is 21.2. The first-order valence-corrected chi connectivity index (χ1v) is 7.10. The van der Waals surface area contributed by atoms with E-state index in [1.165, 1.54) is 4.57 Å². The molecular weight excluding hydrogens is 252 g/mol. The highest BCUT2D eigenvalue weighted by Crippen LogP contribution is 2.35. The fourth-order valence-electron chi connectivity index (χ4n) is 3.08. The average Bonchev–Trinajstić information content (AvgIpc) is 2.74. The first-order valence-electron chi connectivity index (χ1n) is 6.72. The largest absolute Gasteiger partial charge is 0.329 e. The molecule has 0 saturated heterocycles. The SMILES string of the molecule is O=c1[nH]c(Cl)c(C2CCCC2)c(=O)n1C1CCC1. The van der Waals surface area contributed by atoms with Crippen molar-refractivity contribution in [2.75, 3.05) is 0 Å². The Bertz CT molecular complexity index is 565. The number of nitrogens with one attached hydrogen (secondary N) is 1. The number of rotatable bonds is 2. The lowest BCUT2D eigenvalue weighted by atomic mass is 9.92. The second-order valence-corrected chi connectivity index (χ2v) is 5.78. The minimum absolute atomic E-state index is 0.0821. The van der Waals surface area contributed by atoms with Gasteiger partial charge >= 0.3 is 5.69 Å². The standard InChI is InChI=1S/C13H17ClN2O2/c14-11-10(8-4-1-2-5-8)12(17)16(13(18)15-11)9-6-3-7-9/h8-9H,1-7H2,(H,15,18). The van der Waals surface area contributed by atoms with E-state index in [1.807, 2.05) is 0 Å². The van der Waals surface area contributed by atoms with Gasteiger partial charge in [-0.2, -0.15) is 0 Å². The van der Waals surface area contributed by atoms with Crippen molar-refractivity contribution < 1.29 is 0 Å². The lowest BCUT2D eigenvalue weighted by Gasteiger charge is -2.27. The van der Waals surface area contributed by atoms with Crippen molar-refractivity contribution in [1.82, 2.24) is 9.55 Å². The van der Waals surface area contributed by atoms with Crippen molar-refractivity contribution in [1.29, 1.82) is 0 Å². The summed E-state index contributed by atoms with van der Waals surface area (Å²) in [5.74, 6) is 0.230. The first kappa shape index (κ1) is 12.0. The number of aromatic amines is 1. The predicted octanol–water partition coefficient (Wildman–Crippen LogP) is 2.57. The number of nitrogens with zero attached hydrogens (tertiary/aromatic N) is 1. The summed E-state index contributed by atoms with van der Waals surface area (Å²) in [6, 6.07) is 0.0821. The fraction of sp³-hybridized carbons (Fsp3) is 0.692. The van der Waals surface area contributed by atoms with E-state index in [9.17, 15) is 9.59 Å². The van der Waals surface area contributed by atoms with E-state index in [4.69, 9.17) is 11.6 Å². The second kappa shape index (κ2) is 4.57. The smallest absolute Gasteiger partial charge is 0.297 e. The third kappa shape index (κ3) is 1.83. The molecule has 2 fully saturated rings. The molecule has 0 aromatic carbocycles. The molecule has 2 aliphatic rings. The lowest BCUT2D eigenvalue weighted by molar-refractivity contribution is 0.294. The summed E-state index contributed by atoms with van der Waals surface area (Å²) in [6.07, 6.45) is 7.24. The summed E-state index contributed by atoms with van der Waals surface area (Å²) in [7, 11) is 0. The van der Waals surface area contributed by atoms with Crippen LogP contribution in [0.5, 0.6) is 0 Å². The molecule has 2 saturated carbocycles. The molecule has 0 radical (unpaired) electrons. The topological polar surface area (TPSA) is 54.9 Å². The van der Waals surface area contributed by atoms with Gasteiger partial charge in [0.2, 0.25) is 0 Å². The molecule has 0 amide bonds. The third-order valence-electron chi connectivity index (χ3n) is 4.32. The van der Waals surface area contributed by atoms with Crippen LogP contribution in [0.2, 0.25) is 5.15 Å². The zero-order valence-corrected chi connectivity index (χ0v) is 11.0. The molecule has 0 atom stereocenters. The van der Waals surface area contributed by atoms with Crippen LogP contribution in [0.15, 0.2) is 9.59 Å². The molecule has 98 valence electrons. The van der Waals surface area contributed by atoms with Crippen LogP contribution in [0.25, 0.3) is 0 Å². The third-order valence-corrected chi connectivity index (χ3v) is 4.62. The monoisotopic (exact) mass is 268 g/mol. The highest BCUT2D eigenvalue weighted by molar-refractivity contribution is 6.30. The molecule has 1 heterocycles. The highest BCUT2D eigenvalue weighted by Gasteiger charge is 2.29. The van der Waals surface area contributed by atoms with E-state index in [-0.39, 0.29) is 28.4 Å². The van der Waals surface area contributed by atoms with Crippen LogP contribution < -0.4 is 11.2 Å². The van der Waals surface area contributed by atoms with E-state index in [0.29, 0.717) is 5.56 Å². The molecule has 2 aliphatic carbocycles. The average molecular weight is 269 g/mol. The minimum atomic E-state index is -0.351. The summed E-state index contributed by atoms with van der Waals surface area (Å²) in [5.41, 5.74) is 0.137. The van der Waals surface area contributed by atoms with Crippen molar-refractivity contribution in [2.24, 2.45) is 0 Å². The van der Waals surface area contributed by atoms with E-state index in [0.717, 1.165) is 44.9 Å². The van der Waals surface area contributed by atoms with Crippen LogP contribution in [-0.4, -0.2) is 9.55 Å². The summed E-state index contributed by atoms with van der Waals surface area (Å²) < 4.78 is 1.39. The summed E-state index contributed by atoms with van der Waals surface area (Å²) in [4.78, 5) is 27.0. The number of H-pyrrole nitrogens is 1. The zero-order chi connectivity index (χ0) is 12.7. The highest BCUT2D eigenvalue weighted by atomic mass is 35.5. The van der Waals surface area contributed by atoms with Gasteiger partial charge in [-0.05, 0) is 38.0 Å². The maximum Gasteiger partial charge on any atom is 0.329 e. The van der Waals surface area contributed by atoms with E-state index >= 15 is 0 Å². The van der Waals surface area contributed by atoms with Crippen LogP contribution >= 0.6 is 11.6 Å². The molecule has 18 heavy (non-hydrogen) atoms. The van der Waals surface area contributed by atoms with Gasteiger partial charge in [0.25, 0.3) is 5.56 Å². The van der Waals surface area contributed by atoms with Gasteiger partial charge in [0.05, 0.1) is 5.56 Å². The summed E-state index contributed by atoms with van der Waals surface area (Å²) in [5, 5.41) is 0.257. The molecule has 1 aromatic rings. The predicted molar refractivity (Wildman–Crippen MR) is 70.4 cm³/mol. The van der Waals surface area contributed by atoms with Gasteiger partial charge in [-0.25, -0.2) is 4.79 Å². The maximum atomic E-state index is 12.5. The molecule has 1 N–H and O–H groups in total. The van der Waals surface area contributed by atoms with Gasteiger partial charge in [-0.15, -0.1) is 0 Å². The quantitative estimate of drug-likeness (QED) is 0.838. The van der Waals surface area contributed by atoms with Crippen LogP contribution in [0.1, 0.15) is 62.5 Å². The Morgan fingerprint density at radius 2 is 1.72 bits per heavy atom. The number of hydrogen-bond acceptors (Lipinski definition) is 2. The van der Waals surface area contributed by atoms with Crippen LogP contribution in [0.4, 0.5) is 0 Å². The molecule has 1 aromatic heterocycles. The van der Waals surface area contributed by atoms with Gasteiger partial charge in [0.15, 0.2) is 0 Å². The van der Waals surface area contributed by atoms with Gasteiger partial charge in [0, 0.05) is 6.04 Å². The zero-order valence-electron chi connectivity index (χ0n) is 10.2. The van der Waals surface area contributed by atoms with Crippen molar-refractivity contribution in [3.8, 4) is 0 Å². The van der Waals surface area contributed by atoms with Crippen molar-refractivity contribution >= 4 is 11.6 Å². The van der Waals surface area contributed by atoms with Crippen LogP contribution in [0, 0.1) is 0 Å². The molecule has 0 spiro atoms. The van der Waals surface area contributed by atoms with Crippen molar-refractivity contribution in [2.45, 2.75) is 56.9 Å². The number of aromatic nitrogens is 2. The number of halogens is 1. The van der Waals surface area contributed by atoms with E-state index < -0.39 is 0 Å². The van der Waals surface area contributed by atoms with Crippen LogP contribution in [0.3, 0.4) is 0 Å². The molecular formula is C13H17ClN2O2. The van der Waals surface area contributed by atoms with Gasteiger partial charge in [0.1, 0.15) is 5.15 Å². The van der Waals surface area contributed by atoms with Crippen LogP contribution in [-0.2, 0) is 0 Å². The fourth-order valence-corrected chi connectivity index (χ4v) is 3.40. The van der Waals surface area contributed by atoms with Gasteiger partial charge in [-0.3, -0.25) is 14.3 Å². The lowest BCUT2D eigenvalue weighted by Crippen LogP contribution is -2.42.